The summed E-state index contributed by atoms with van der Waals surface area (Å²) in [6.45, 7) is 8.73. The highest BCUT2D eigenvalue weighted by molar-refractivity contribution is 6.55. The molecule has 0 radical (unpaired) electrons. The Morgan fingerprint density at radius 3 is 2.14 bits per heavy atom. The number of hydrogen-bond acceptors (Lipinski definition) is 6. The Morgan fingerprint density at radius 1 is 1.07 bits per heavy atom. The lowest BCUT2D eigenvalue weighted by Crippen LogP contribution is -2.41. The highest BCUT2D eigenvalue weighted by atomic mass is 16.7. The van der Waals surface area contributed by atoms with E-state index in [1.807, 2.05) is 53.0 Å². The van der Waals surface area contributed by atoms with Gasteiger partial charge in [0.2, 0.25) is 0 Å². The minimum absolute atomic E-state index is 0.0812. The zero-order chi connectivity index (χ0) is 20.9. The summed E-state index contributed by atoms with van der Waals surface area (Å²) >= 11 is 0. The lowest BCUT2D eigenvalue weighted by Gasteiger charge is -2.32. The van der Waals surface area contributed by atoms with E-state index in [4.69, 9.17) is 9.31 Å². The van der Waals surface area contributed by atoms with Gasteiger partial charge in [-0.05, 0) is 45.8 Å². The molecule has 0 saturated carbocycles. The summed E-state index contributed by atoms with van der Waals surface area (Å²) in [6, 6.07) is 7.30. The molecule has 1 N–H and O–H groups in total. The van der Waals surface area contributed by atoms with Crippen LogP contribution in [-0.2, 0) is 18.8 Å². The summed E-state index contributed by atoms with van der Waals surface area (Å²) in [5, 5.41) is 3.16. The lowest BCUT2D eigenvalue weighted by molar-refractivity contribution is -0.140. The number of carbonyl (C=O) groups excluding carboxylic acids is 2. The van der Waals surface area contributed by atoms with Crippen LogP contribution in [-0.4, -0.2) is 50.8 Å². The normalized spacial score (nSPS) is 18.2. The number of nitrogens with one attached hydrogen (secondary N) is 1. The van der Waals surface area contributed by atoms with Crippen LogP contribution in [0.1, 0.15) is 56.5 Å². The van der Waals surface area contributed by atoms with Gasteiger partial charge >= 0.3 is 13.1 Å². The van der Waals surface area contributed by atoms with Crippen molar-refractivity contribution in [1.29, 1.82) is 0 Å². The van der Waals surface area contributed by atoms with Gasteiger partial charge in [0.15, 0.2) is 5.78 Å². The number of rotatable bonds is 8. The number of ether oxygens (including phenoxy) is 1. The van der Waals surface area contributed by atoms with Gasteiger partial charge in [-0.25, -0.2) is 0 Å². The van der Waals surface area contributed by atoms with Crippen LogP contribution in [0.3, 0.4) is 0 Å². The van der Waals surface area contributed by atoms with E-state index >= 15 is 0 Å². The molecule has 28 heavy (non-hydrogen) atoms. The fourth-order valence-electron chi connectivity index (χ4n) is 2.84. The molecule has 1 heterocycles. The molecular weight excluding hydrogens is 357 g/mol. The van der Waals surface area contributed by atoms with Crippen LogP contribution >= 0.6 is 0 Å². The fourth-order valence-corrected chi connectivity index (χ4v) is 2.84. The van der Waals surface area contributed by atoms with Crippen LogP contribution in [0.25, 0.3) is 6.08 Å². The van der Waals surface area contributed by atoms with Gasteiger partial charge in [-0.15, -0.1) is 0 Å². The maximum atomic E-state index is 12.2. The van der Waals surface area contributed by atoms with Gasteiger partial charge in [0, 0.05) is 18.5 Å². The SMILES string of the molecule is CNCC(=Cc1ccc(C(=O)CCC(=O)OC)cc1)B1OC(C)(C)C(C)(C)O1. The fraction of sp³-hybridized carbons (Fsp3) is 0.524. The molecule has 0 amide bonds. The van der Waals surface area contributed by atoms with Gasteiger partial charge in [0.1, 0.15) is 0 Å². The van der Waals surface area contributed by atoms with Crippen LogP contribution in [0, 0.1) is 0 Å². The van der Waals surface area contributed by atoms with Crippen molar-refractivity contribution in [3.63, 3.8) is 0 Å². The van der Waals surface area contributed by atoms with Crippen molar-refractivity contribution in [2.75, 3.05) is 20.7 Å². The second-order valence-electron chi connectivity index (χ2n) is 7.96. The number of ketones is 1. The van der Waals surface area contributed by atoms with Crippen LogP contribution in [0.5, 0.6) is 0 Å². The van der Waals surface area contributed by atoms with Crippen molar-refractivity contribution in [2.45, 2.75) is 51.7 Å². The smallest absolute Gasteiger partial charge is 0.469 e. The van der Waals surface area contributed by atoms with Crippen molar-refractivity contribution in [3.8, 4) is 0 Å². The Balaban J connectivity index is 2.13. The largest absolute Gasteiger partial charge is 0.491 e. The third-order valence-electron chi connectivity index (χ3n) is 5.31. The summed E-state index contributed by atoms with van der Waals surface area (Å²) in [5.74, 6) is -0.464. The van der Waals surface area contributed by atoms with E-state index in [-0.39, 0.29) is 24.6 Å². The summed E-state index contributed by atoms with van der Waals surface area (Å²) < 4.78 is 16.9. The molecule has 7 heteroatoms. The monoisotopic (exact) mass is 387 g/mol. The van der Waals surface area contributed by atoms with E-state index in [0.29, 0.717) is 12.1 Å². The number of Topliss-reactive ketones (excluding diaryl/α,β-unsaturated/α-hetero) is 1. The van der Waals surface area contributed by atoms with E-state index < -0.39 is 18.3 Å². The summed E-state index contributed by atoms with van der Waals surface area (Å²) in [6.07, 6.45) is 2.24. The first-order chi connectivity index (χ1) is 13.1. The molecule has 0 spiro atoms. The second kappa shape index (κ2) is 9.03. The number of benzene rings is 1. The molecule has 0 atom stereocenters. The van der Waals surface area contributed by atoms with Crippen LogP contribution < -0.4 is 5.32 Å². The van der Waals surface area contributed by atoms with E-state index in [1.165, 1.54) is 7.11 Å². The molecule has 6 nitrogen and oxygen atoms in total. The van der Waals surface area contributed by atoms with Crippen LogP contribution in [0.4, 0.5) is 0 Å². The first kappa shape index (κ1) is 22.3. The van der Waals surface area contributed by atoms with Gasteiger partial charge in [-0.3, -0.25) is 9.59 Å². The maximum Gasteiger partial charge on any atom is 0.491 e. The number of methoxy groups -OCH3 is 1. The Bertz CT molecular complexity index is 724. The number of likely N-dealkylation sites (N-methyl/N-ethyl adjacent to an activating group) is 1. The standard InChI is InChI=1S/C21H30BNO5/c1-20(2)21(3,4)28-22(27-20)17(14-23-5)13-15-7-9-16(10-8-15)18(24)11-12-19(25)26-6/h7-10,13,23H,11-12,14H2,1-6H3. The van der Waals surface area contributed by atoms with Crippen molar-refractivity contribution in [1.82, 2.24) is 5.32 Å². The molecule has 1 fully saturated rings. The van der Waals surface area contributed by atoms with Crippen LogP contribution in [0.15, 0.2) is 29.7 Å². The Kier molecular flexibility index (Phi) is 7.20. The Hall–Kier alpha value is -1.96. The van der Waals surface area contributed by atoms with E-state index in [1.54, 1.807) is 12.1 Å². The first-order valence-electron chi connectivity index (χ1n) is 9.50. The maximum absolute atomic E-state index is 12.2. The molecule has 0 aromatic heterocycles. The molecule has 2 rings (SSSR count). The molecule has 0 aliphatic carbocycles. The average molecular weight is 387 g/mol. The molecule has 1 saturated heterocycles. The zero-order valence-corrected chi connectivity index (χ0v) is 17.6. The number of esters is 1. The highest BCUT2D eigenvalue weighted by Crippen LogP contribution is 2.38. The van der Waals surface area contributed by atoms with E-state index in [0.717, 1.165) is 11.0 Å². The summed E-state index contributed by atoms with van der Waals surface area (Å²) in [4.78, 5) is 23.4. The molecule has 1 aliphatic rings. The summed E-state index contributed by atoms with van der Waals surface area (Å²) in [7, 11) is 2.76. The van der Waals surface area contributed by atoms with Gasteiger partial charge < -0.3 is 19.4 Å². The number of carbonyl (C=O) groups is 2. The minimum Gasteiger partial charge on any atom is -0.469 e. The molecule has 1 aliphatic heterocycles. The zero-order valence-electron chi connectivity index (χ0n) is 17.6. The third kappa shape index (κ3) is 5.31. The summed E-state index contributed by atoms with van der Waals surface area (Å²) in [5.41, 5.74) is 1.70. The first-order valence-corrected chi connectivity index (χ1v) is 9.50. The molecule has 1 aromatic rings. The molecule has 0 bridgehead atoms. The molecular formula is C21H30BNO5. The van der Waals surface area contributed by atoms with E-state index in [9.17, 15) is 9.59 Å². The van der Waals surface area contributed by atoms with Gasteiger partial charge in [-0.1, -0.05) is 30.3 Å². The third-order valence-corrected chi connectivity index (χ3v) is 5.31. The van der Waals surface area contributed by atoms with Gasteiger partial charge in [0.05, 0.1) is 24.7 Å². The van der Waals surface area contributed by atoms with Crippen molar-refractivity contribution >= 4 is 24.9 Å². The Morgan fingerprint density at radius 2 is 1.64 bits per heavy atom. The highest BCUT2D eigenvalue weighted by Gasteiger charge is 2.52. The van der Waals surface area contributed by atoms with Crippen molar-refractivity contribution in [2.24, 2.45) is 0 Å². The second-order valence-corrected chi connectivity index (χ2v) is 7.96. The minimum atomic E-state index is -0.432. The number of hydrogen-bond donors (Lipinski definition) is 1. The molecule has 1 aromatic carbocycles. The van der Waals surface area contributed by atoms with Gasteiger partial charge in [0.25, 0.3) is 0 Å². The average Bonchev–Trinajstić information content (AvgIpc) is 2.87. The van der Waals surface area contributed by atoms with Crippen LogP contribution in [0.2, 0.25) is 0 Å². The van der Waals surface area contributed by atoms with Crippen molar-refractivity contribution in [3.05, 3.63) is 40.9 Å². The Labute approximate surface area is 167 Å². The quantitative estimate of drug-likeness (QED) is 0.420. The predicted molar refractivity (Wildman–Crippen MR) is 110 cm³/mol. The predicted octanol–water partition coefficient (Wildman–Crippen LogP) is 3.06. The molecule has 0 unspecified atom stereocenters. The lowest BCUT2D eigenvalue weighted by atomic mass is 9.77. The van der Waals surface area contributed by atoms with Gasteiger partial charge in [-0.2, -0.15) is 0 Å². The topological polar surface area (TPSA) is 73.9 Å². The molecule has 152 valence electrons. The van der Waals surface area contributed by atoms with Crippen molar-refractivity contribution < 1.29 is 23.6 Å². The van der Waals surface area contributed by atoms with E-state index in [2.05, 4.69) is 10.1 Å².